The maximum atomic E-state index is 12.9. The van der Waals surface area contributed by atoms with Crippen molar-refractivity contribution in [3.63, 3.8) is 0 Å². The molecule has 0 aliphatic carbocycles. The number of nitrogens with one attached hydrogen (secondary N) is 1. The van der Waals surface area contributed by atoms with Crippen LogP contribution >= 0.6 is 11.9 Å². The van der Waals surface area contributed by atoms with Gasteiger partial charge in [-0.2, -0.15) is 0 Å². The SMILES string of the molecule is COc1ccc(CCNC(=O)C(=NSC)c2ccc(-c3ccc(C(C)(C)C)cc3)cc2)cc1OC. The van der Waals surface area contributed by atoms with Gasteiger partial charge in [-0.15, -0.1) is 0 Å². The summed E-state index contributed by atoms with van der Waals surface area (Å²) in [6.45, 7) is 7.12. The fraction of sp³-hybridized carbons (Fsp3) is 0.310. The predicted octanol–water partition coefficient (Wildman–Crippen LogP) is 6.09. The Morgan fingerprint density at radius 2 is 1.49 bits per heavy atom. The number of methoxy groups -OCH3 is 2. The average Bonchev–Trinajstić information content (AvgIpc) is 2.86. The smallest absolute Gasteiger partial charge is 0.271 e. The average molecular weight is 491 g/mol. The molecule has 3 aromatic rings. The molecule has 0 saturated carbocycles. The Bertz CT molecular complexity index is 1160. The molecular weight excluding hydrogens is 456 g/mol. The van der Waals surface area contributed by atoms with Crippen LogP contribution < -0.4 is 14.8 Å². The number of rotatable bonds is 9. The molecule has 0 aliphatic heterocycles. The first-order chi connectivity index (χ1) is 16.8. The zero-order valence-electron chi connectivity index (χ0n) is 21.3. The highest BCUT2D eigenvalue weighted by atomic mass is 32.2. The van der Waals surface area contributed by atoms with Crippen molar-refractivity contribution in [3.05, 3.63) is 83.4 Å². The minimum Gasteiger partial charge on any atom is -0.493 e. The summed E-state index contributed by atoms with van der Waals surface area (Å²) in [4.78, 5) is 12.9. The highest BCUT2D eigenvalue weighted by molar-refractivity contribution is 7.97. The Labute approximate surface area is 213 Å². The van der Waals surface area contributed by atoms with Crippen molar-refractivity contribution >= 4 is 23.6 Å². The molecule has 0 aromatic heterocycles. The maximum Gasteiger partial charge on any atom is 0.271 e. The van der Waals surface area contributed by atoms with Gasteiger partial charge in [0.1, 0.15) is 5.71 Å². The summed E-state index contributed by atoms with van der Waals surface area (Å²) >= 11 is 1.27. The molecule has 6 heteroatoms. The van der Waals surface area contributed by atoms with Gasteiger partial charge in [0.25, 0.3) is 5.91 Å². The van der Waals surface area contributed by atoms with Crippen molar-refractivity contribution < 1.29 is 14.3 Å². The van der Waals surface area contributed by atoms with Gasteiger partial charge in [0.15, 0.2) is 11.5 Å². The van der Waals surface area contributed by atoms with Gasteiger partial charge in [-0.3, -0.25) is 4.79 Å². The predicted molar refractivity (Wildman–Crippen MR) is 147 cm³/mol. The summed E-state index contributed by atoms with van der Waals surface area (Å²) in [5, 5.41) is 2.99. The summed E-state index contributed by atoms with van der Waals surface area (Å²) in [5.41, 5.74) is 5.93. The summed E-state index contributed by atoms with van der Waals surface area (Å²) in [6, 6.07) is 22.4. The minimum atomic E-state index is -0.192. The zero-order chi connectivity index (χ0) is 25.4. The molecule has 3 aromatic carbocycles. The van der Waals surface area contributed by atoms with Gasteiger partial charge in [-0.1, -0.05) is 75.4 Å². The second-order valence-electron chi connectivity index (χ2n) is 9.22. The number of benzene rings is 3. The number of hydrogen-bond donors (Lipinski definition) is 1. The van der Waals surface area contributed by atoms with Crippen LogP contribution in [0, 0.1) is 0 Å². The maximum absolute atomic E-state index is 12.9. The van der Waals surface area contributed by atoms with Crippen molar-refractivity contribution in [1.29, 1.82) is 0 Å². The van der Waals surface area contributed by atoms with E-state index in [1.54, 1.807) is 14.2 Å². The summed E-state index contributed by atoms with van der Waals surface area (Å²) < 4.78 is 15.0. The van der Waals surface area contributed by atoms with Gasteiger partial charge in [0.2, 0.25) is 0 Å². The van der Waals surface area contributed by atoms with Crippen molar-refractivity contribution in [3.8, 4) is 22.6 Å². The van der Waals surface area contributed by atoms with Crippen LogP contribution in [0.25, 0.3) is 11.1 Å². The van der Waals surface area contributed by atoms with Crippen LogP contribution in [0.15, 0.2) is 71.1 Å². The Kier molecular flexibility index (Phi) is 8.99. The van der Waals surface area contributed by atoms with E-state index in [0.29, 0.717) is 30.2 Å². The lowest BCUT2D eigenvalue weighted by Crippen LogP contribution is -2.33. The van der Waals surface area contributed by atoms with Gasteiger partial charge in [-0.25, -0.2) is 4.40 Å². The Balaban J connectivity index is 1.67. The highest BCUT2D eigenvalue weighted by Crippen LogP contribution is 2.28. The van der Waals surface area contributed by atoms with Crippen LogP contribution in [-0.2, 0) is 16.6 Å². The van der Waals surface area contributed by atoms with Crippen molar-refractivity contribution in [2.24, 2.45) is 4.40 Å². The largest absolute Gasteiger partial charge is 0.493 e. The molecule has 0 aliphatic rings. The van der Waals surface area contributed by atoms with Gasteiger partial charge in [0, 0.05) is 18.4 Å². The molecule has 35 heavy (non-hydrogen) atoms. The second-order valence-corrected chi connectivity index (χ2v) is 9.77. The van der Waals surface area contributed by atoms with Crippen LogP contribution in [0.1, 0.15) is 37.5 Å². The van der Waals surface area contributed by atoms with E-state index in [1.807, 2.05) is 48.7 Å². The quantitative estimate of drug-likeness (QED) is 0.291. The van der Waals surface area contributed by atoms with Crippen LogP contribution in [0.2, 0.25) is 0 Å². The summed E-state index contributed by atoms with van der Waals surface area (Å²) in [5.74, 6) is 1.17. The third kappa shape index (κ3) is 6.89. The van der Waals surface area contributed by atoms with Crippen molar-refractivity contribution in [2.45, 2.75) is 32.6 Å². The molecule has 5 nitrogen and oxygen atoms in total. The molecule has 0 unspecified atom stereocenters. The van der Waals surface area contributed by atoms with E-state index in [9.17, 15) is 4.79 Å². The number of carbonyl (C=O) groups excluding carboxylic acids is 1. The lowest BCUT2D eigenvalue weighted by molar-refractivity contribution is -0.114. The van der Waals surface area contributed by atoms with Crippen LogP contribution in [0.5, 0.6) is 11.5 Å². The van der Waals surface area contributed by atoms with Gasteiger partial charge in [-0.05, 0) is 58.2 Å². The molecule has 0 radical (unpaired) electrons. The first-order valence-electron chi connectivity index (χ1n) is 11.6. The van der Waals surface area contributed by atoms with Crippen LogP contribution in [0.3, 0.4) is 0 Å². The number of ether oxygens (including phenoxy) is 2. The minimum absolute atomic E-state index is 0.123. The molecule has 1 amide bonds. The standard InChI is InChI=1S/C29H34N2O3S/c1-29(2,3)24-14-12-22(13-15-24)21-8-10-23(11-9-21)27(31-35-6)28(32)30-18-17-20-7-16-25(33-4)26(19-20)34-5/h7-16,19H,17-18H2,1-6H3,(H,30,32). The van der Waals surface area contributed by atoms with Gasteiger partial charge in [0.05, 0.1) is 14.2 Å². The molecule has 0 fully saturated rings. The fourth-order valence-corrected chi connectivity index (χ4v) is 4.11. The number of carbonyl (C=O) groups is 1. The number of amides is 1. The molecular formula is C29H34N2O3S. The normalized spacial score (nSPS) is 11.8. The lowest BCUT2D eigenvalue weighted by atomic mass is 9.86. The van der Waals surface area contributed by atoms with E-state index in [4.69, 9.17) is 9.47 Å². The zero-order valence-corrected chi connectivity index (χ0v) is 22.2. The lowest BCUT2D eigenvalue weighted by Gasteiger charge is -2.19. The van der Waals surface area contributed by atoms with E-state index in [2.05, 4.69) is 54.8 Å². The molecule has 0 bridgehead atoms. The van der Waals surface area contributed by atoms with E-state index >= 15 is 0 Å². The molecule has 0 spiro atoms. The second kappa shape index (κ2) is 11.9. The number of hydrogen-bond acceptors (Lipinski definition) is 5. The topological polar surface area (TPSA) is 59.9 Å². The third-order valence-corrected chi connectivity index (χ3v) is 6.15. The summed E-state index contributed by atoms with van der Waals surface area (Å²) in [7, 11) is 3.22. The molecule has 0 heterocycles. The Morgan fingerprint density at radius 3 is 2.03 bits per heavy atom. The highest BCUT2D eigenvalue weighted by Gasteiger charge is 2.16. The molecule has 0 saturated heterocycles. The molecule has 184 valence electrons. The Morgan fingerprint density at radius 1 is 0.886 bits per heavy atom. The van der Waals surface area contributed by atoms with Crippen molar-refractivity contribution in [2.75, 3.05) is 27.0 Å². The number of nitrogens with zero attached hydrogens (tertiary/aromatic N) is 1. The third-order valence-electron chi connectivity index (χ3n) is 5.79. The summed E-state index contributed by atoms with van der Waals surface area (Å²) in [6.07, 6.45) is 2.52. The van der Waals surface area contributed by atoms with Crippen LogP contribution in [-0.4, -0.2) is 38.6 Å². The van der Waals surface area contributed by atoms with E-state index in [-0.39, 0.29) is 11.3 Å². The van der Waals surface area contributed by atoms with Crippen molar-refractivity contribution in [1.82, 2.24) is 5.32 Å². The molecule has 0 atom stereocenters. The van der Waals surface area contributed by atoms with E-state index in [1.165, 1.54) is 17.5 Å². The van der Waals surface area contributed by atoms with Crippen LogP contribution in [0.4, 0.5) is 0 Å². The molecule has 1 N–H and O–H groups in total. The van der Waals surface area contributed by atoms with Gasteiger partial charge < -0.3 is 14.8 Å². The molecule has 3 rings (SSSR count). The monoisotopic (exact) mass is 490 g/mol. The first kappa shape index (κ1) is 26.4. The van der Waals surface area contributed by atoms with E-state index in [0.717, 1.165) is 22.3 Å². The van der Waals surface area contributed by atoms with E-state index < -0.39 is 0 Å². The first-order valence-corrected chi connectivity index (χ1v) is 12.8. The Hall–Kier alpha value is -3.25. The fourth-order valence-electron chi connectivity index (χ4n) is 3.74. The van der Waals surface area contributed by atoms with Gasteiger partial charge >= 0.3 is 0 Å².